The van der Waals surface area contributed by atoms with E-state index >= 15 is 0 Å². The van der Waals surface area contributed by atoms with Crippen LogP contribution in [0.3, 0.4) is 0 Å². The van der Waals surface area contributed by atoms with E-state index in [4.69, 9.17) is 9.47 Å². The number of nitrogens with zero attached hydrogens (tertiary/aromatic N) is 1. The minimum Gasteiger partial charge on any atom is -0.497 e. The van der Waals surface area contributed by atoms with Gasteiger partial charge in [0.15, 0.2) is 0 Å². The molecule has 8 nitrogen and oxygen atoms in total. The van der Waals surface area contributed by atoms with Crippen molar-refractivity contribution in [2.75, 3.05) is 12.4 Å². The third-order valence-electron chi connectivity index (χ3n) is 4.58. The van der Waals surface area contributed by atoms with Crippen molar-refractivity contribution >= 4 is 33.9 Å². The molecule has 166 valence electrons. The van der Waals surface area contributed by atoms with E-state index < -0.39 is 16.8 Å². The Labute approximate surface area is 188 Å². The van der Waals surface area contributed by atoms with Gasteiger partial charge >= 0.3 is 5.97 Å². The van der Waals surface area contributed by atoms with E-state index in [9.17, 15) is 19.7 Å². The minimum absolute atomic E-state index is 0.114. The summed E-state index contributed by atoms with van der Waals surface area (Å²) in [5.74, 6) is -0.352. The predicted octanol–water partition coefficient (Wildman–Crippen LogP) is 5.46. The van der Waals surface area contributed by atoms with Gasteiger partial charge in [0.1, 0.15) is 16.3 Å². The average molecular weight is 455 g/mol. The number of hydrogen-bond donors (Lipinski definition) is 1. The SMILES string of the molecule is COc1ccc(-c2c(C)sc(NC(=O)c3ccc([N+](=O)[O-])cc3)c2C(=O)OC(C)C)cc1. The van der Waals surface area contributed by atoms with Crippen LogP contribution in [0.4, 0.5) is 10.7 Å². The largest absolute Gasteiger partial charge is 0.497 e. The van der Waals surface area contributed by atoms with Crippen LogP contribution in [-0.2, 0) is 4.74 Å². The molecule has 3 aromatic rings. The summed E-state index contributed by atoms with van der Waals surface area (Å²) >= 11 is 1.26. The van der Waals surface area contributed by atoms with Gasteiger partial charge in [-0.1, -0.05) is 12.1 Å². The zero-order valence-electron chi connectivity index (χ0n) is 18.0. The predicted molar refractivity (Wildman–Crippen MR) is 123 cm³/mol. The number of nitro groups is 1. The van der Waals surface area contributed by atoms with Crippen LogP contribution in [0, 0.1) is 17.0 Å². The minimum atomic E-state index is -0.547. The lowest BCUT2D eigenvalue weighted by Gasteiger charge is -2.12. The van der Waals surface area contributed by atoms with Gasteiger partial charge in [-0.2, -0.15) is 0 Å². The summed E-state index contributed by atoms with van der Waals surface area (Å²) in [4.78, 5) is 36.9. The molecule has 1 aromatic heterocycles. The molecular formula is C23H22N2O6S. The van der Waals surface area contributed by atoms with Crippen LogP contribution in [-0.4, -0.2) is 30.0 Å². The Hall–Kier alpha value is -3.72. The van der Waals surface area contributed by atoms with Crippen molar-refractivity contribution in [3.8, 4) is 16.9 Å². The Morgan fingerprint density at radius 1 is 1.06 bits per heavy atom. The lowest BCUT2D eigenvalue weighted by atomic mass is 10.0. The molecule has 2 aromatic carbocycles. The summed E-state index contributed by atoms with van der Waals surface area (Å²) in [5.41, 5.74) is 1.84. The van der Waals surface area contributed by atoms with Gasteiger partial charge in [0, 0.05) is 28.1 Å². The number of nitrogens with one attached hydrogen (secondary N) is 1. The quantitative estimate of drug-likeness (QED) is 0.289. The first kappa shape index (κ1) is 23.0. The van der Waals surface area contributed by atoms with Crippen LogP contribution in [0.2, 0.25) is 0 Å². The Kier molecular flexibility index (Phi) is 6.89. The number of carbonyl (C=O) groups is 2. The van der Waals surface area contributed by atoms with E-state index in [1.165, 1.54) is 35.6 Å². The monoisotopic (exact) mass is 454 g/mol. The number of ether oxygens (including phenoxy) is 2. The molecule has 0 radical (unpaired) electrons. The molecule has 0 saturated carbocycles. The topological polar surface area (TPSA) is 108 Å². The van der Waals surface area contributed by atoms with Crippen LogP contribution >= 0.6 is 11.3 Å². The second kappa shape index (κ2) is 9.61. The molecule has 0 bridgehead atoms. The fourth-order valence-electron chi connectivity index (χ4n) is 3.12. The van der Waals surface area contributed by atoms with E-state index in [0.717, 1.165) is 10.4 Å². The molecule has 0 aliphatic rings. The van der Waals surface area contributed by atoms with E-state index in [0.29, 0.717) is 16.3 Å². The van der Waals surface area contributed by atoms with Gasteiger partial charge in [-0.15, -0.1) is 11.3 Å². The highest BCUT2D eigenvalue weighted by molar-refractivity contribution is 7.17. The number of benzene rings is 2. The Morgan fingerprint density at radius 2 is 1.69 bits per heavy atom. The molecular weight excluding hydrogens is 432 g/mol. The number of carbonyl (C=O) groups excluding carboxylic acids is 2. The van der Waals surface area contributed by atoms with Gasteiger partial charge in [0.2, 0.25) is 0 Å². The van der Waals surface area contributed by atoms with Crippen molar-refractivity contribution in [3.63, 3.8) is 0 Å². The number of anilines is 1. The standard InChI is InChI=1S/C23H22N2O6S/c1-13(2)31-23(27)20-19(15-7-11-18(30-4)12-8-15)14(3)32-22(20)24-21(26)16-5-9-17(10-6-16)25(28)29/h5-13H,1-4H3,(H,24,26). The average Bonchev–Trinajstić information content (AvgIpc) is 3.08. The number of hydrogen-bond acceptors (Lipinski definition) is 7. The second-order valence-corrected chi connectivity index (χ2v) is 8.40. The third-order valence-corrected chi connectivity index (χ3v) is 5.60. The van der Waals surface area contributed by atoms with Gasteiger partial charge in [0.05, 0.1) is 18.1 Å². The van der Waals surface area contributed by atoms with Crippen molar-refractivity contribution in [2.24, 2.45) is 0 Å². The van der Waals surface area contributed by atoms with Gasteiger partial charge in [-0.05, 0) is 50.6 Å². The molecule has 0 saturated heterocycles. The van der Waals surface area contributed by atoms with Crippen LogP contribution < -0.4 is 10.1 Å². The number of non-ortho nitro benzene ring substituents is 1. The van der Waals surface area contributed by atoms with Crippen molar-refractivity contribution in [1.82, 2.24) is 0 Å². The maximum atomic E-state index is 13.0. The lowest BCUT2D eigenvalue weighted by molar-refractivity contribution is -0.384. The number of rotatable bonds is 7. The first-order valence-corrected chi connectivity index (χ1v) is 10.6. The first-order valence-electron chi connectivity index (χ1n) is 9.75. The van der Waals surface area contributed by atoms with Crippen LogP contribution in [0.25, 0.3) is 11.1 Å². The smallest absolute Gasteiger partial charge is 0.342 e. The van der Waals surface area contributed by atoms with Crippen molar-refractivity contribution < 1.29 is 24.0 Å². The summed E-state index contributed by atoms with van der Waals surface area (Å²) < 4.78 is 10.7. The normalized spacial score (nSPS) is 10.7. The number of aryl methyl sites for hydroxylation is 1. The number of amides is 1. The molecule has 3 rings (SSSR count). The summed E-state index contributed by atoms with van der Waals surface area (Å²) in [5, 5.41) is 14.0. The molecule has 1 N–H and O–H groups in total. The molecule has 1 heterocycles. The first-order chi connectivity index (χ1) is 15.2. The summed E-state index contributed by atoms with van der Waals surface area (Å²) in [6.45, 7) is 5.36. The number of nitro benzene ring substituents is 1. The molecule has 32 heavy (non-hydrogen) atoms. The Morgan fingerprint density at radius 3 is 2.22 bits per heavy atom. The van der Waals surface area contributed by atoms with Crippen molar-refractivity contribution in [2.45, 2.75) is 26.9 Å². The molecule has 0 fully saturated rings. The maximum absolute atomic E-state index is 13.0. The highest BCUT2D eigenvalue weighted by Crippen LogP contribution is 2.41. The van der Waals surface area contributed by atoms with E-state index in [1.54, 1.807) is 33.1 Å². The molecule has 0 unspecified atom stereocenters. The zero-order valence-corrected chi connectivity index (χ0v) is 18.8. The van der Waals surface area contributed by atoms with Crippen LogP contribution in [0.5, 0.6) is 5.75 Å². The summed E-state index contributed by atoms with van der Waals surface area (Å²) in [7, 11) is 1.57. The fourth-order valence-corrected chi connectivity index (χ4v) is 4.17. The number of esters is 1. The lowest BCUT2D eigenvalue weighted by Crippen LogP contribution is -2.16. The molecule has 1 amide bonds. The van der Waals surface area contributed by atoms with E-state index in [-0.39, 0.29) is 22.9 Å². The molecule has 0 atom stereocenters. The fraction of sp³-hybridized carbons (Fsp3) is 0.217. The van der Waals surface area contributed by atoms with Crippen molar-refractivity contribution in [3.05, 3.63) is 74.6 Å². The van der Waals surface area contributed by atoms with Crippen molar-refractivity contribution in [1.29, 1.82) is 0 Å². The molecule has 0 spiro atoms. The second-order valence-electron chi connectivity index (χ2n) is 7.18. The number of thiophene rings is 1. The van der Waals surface area contributed by atoms with Gasteiger partial charge in [-0.3, -0.25) is 14.9 Å². The van der Waals surface area contributed by atoms with Gasteiger partial charge in [-0.25, -0.2) is 4.79 Å². The van der Waals surface area contributed by atoms with Gasteiger partial charge in [0.25, 0.3) is 11.6 Å². The maximum Gasteiger partial charge on any atom is 0.342 e. The molecule has 9 heteroatoms. The van der Waals surface area contributed by atoms with Crippen LogP contribution in [0.15, 0.2) is 48.5 Å². The Balaban J connectivity index is 2.01. The summed E-state index contributed by atoms with van der Waals surface area (Å²) in [6, 6.07) is 12.5. The Bertz CT molecular complexity index is 1150. The van der Waals surface area contributed by atoms with E-state index in [1.807, 2.05) is 19.1 Å². The highest BCUT2D eigenvalue weighted by atomic mass is 32.1. The summed E-state index contributed by atoms with van der Waals surface area (Å²) in [6.07, 6.45) is -0.343. The van der Waals surface area contributed by atoms with Gasteiger partial charge < -0.3 is 14.8 Å². The highest BCUT2D eigenvalue weighted by Gasteiger charge is 2.26. The number of methoxy groups -OCH3 is 1. The molecule has 0 aliphatic heterocycles. The van der Waals surface area contributed by atoms with Crippen LogP contribution in [0.1, 0.15) is 39.4 Å². The molecule has 0 aliphatic carbocycles. The zero-order chi connectivity index (χ0) is 23.4. The van der Waals surface area contributed by atoms with E-state index in [2.05, 4.69) is 5.32 Å². The third kappa shape index (κ3) is 4.94.